The van der Waals surface area contributed by atoms with Crippen LogP contribution in [0.1, 0.15) is 31.8 Å². The van der Waals surface area contributed by atoms with Crippen molar-refractivity contribution in [2.75, 3.05) is 26.7 Å². The Balaban J connectivity index is 1.48. The summed E-state index contributed by atoms with van der Waals surface area (Å²) < 4.78 is 19.5. The number of pyridine rings is 1. The van der Waals surface area contributed by atoms with Gasteiger partial charge >= 0.3 is 0 Å². The highest BCUT2D eigenvalue weighted by atomic mass is 32.1. The lowest BCUT2D eigenvalue weighted by Gasteiger charge is -2.33. The minimum absolute atomic E-state index is 0.191. The molecule has 1 fully saturated rings. The van der Waals surface area contributed by atoms with E-state index in [1.54, 1.807) is 30.3 Å². The zero-order valence-electron chi connectivity index (χ0n) is 16.6. The Morgan fingerprint density at radius 3 is 3.03 bits per heavy atom. The molecule has 0 saturated carbocycles. The van der Waals surface area contributed by atoms with Crippen LogP contribution in [0.15, 0.2) is 42.6 Å². The van der Waals surface area contributed by atoms with E-state index in [4.69, 9.17) is 4.74 Å². The zero-order valence-corrected chi connectivity index (χ0v) is 17.5. The third-order valence-corrected chi connectivity index (χ3v) is 6.56. The van der Waals surface area contributed by atoms with E-state index in [1.807, 2.05) is 12.1 Å². The fourth-order valence-corrected chi connectivity index (χ4v) is 5.09. The number of hydrogen-bond donors (Lipinski definition) is 2. The lowest BCUT2D eigenvalue weighted by Crippen LogP contribution is -2.42. The summed E-state index contributed by atoms with van der Waals surface area (Å²) >= 11 is 1.31. The molecule has 7 nitrogen and oxygen atoms in total. The SMILES string of the molecule is CNC(=O)c1sc2ncccc2c1[C@H]1CN(C(=O)c2cc3ccc(F)cc3[nH]2)CCO1. The number of fused-ring (bicyclic) bond motifs is 2. The molecule has 0 radical (unpaired) electrons. The van der Waals surface area contributed by atoms with Gasteiger partial charge in [0, 0.05) is 41.6 Å². The molecule has 3 aromatic heterocycles. The Labute approximate surface area is 180 Å². The molecule has 31 heavy (non-hydrogen) atoms. The van der Waals surface area contributed by atoms with Crippen molar-refractivity contribution >= 4 is 44.3 Å². The van der Waals surface area contributed by atoms with Crippen LogP contribution in [0.5, 0.6) is 0 Å². The van der Waals surface area contributed by atoms with Gasteiger partial charge in [0.25, 0.3) is 11.8 Å². The van der Waals surface area contributed by atoms with E-state index in [-0.39, 0.29) is 17.6 Å². The summed E-state index contributed by atoms with van der Waals surface area (Å²) in [4.78, 5) is 36.0. The van der Waals surface area contributed by atoms with Gasteiger partial charge in [-0.25, -0.2) is 9.37 Å². The number of hydrogen-bond acceptors (Lipinski definition) is 5. The predicted octanol–water partition coefficient (Wildman–Crippen LogP) is 3.49. The number of carbonyl (C=O) groups is 2. The maximum absolute atomic E-state index is 13.5. The van der Waals surface area contributed by atoms with E-state index in [0.717, 1.165) is 21.2 Å². The second-order valence-electron chi connectivity index (χ2n) is 7.31. The fourth-order valence-electron chi connectivity index (χ4n) is 3.95. The number of carbonyl (C=O) groups excluding carboxylic acids is 2. The first kappa shape index (κ1) is 19.7. The number of aromatic amines is 1. The van der Waals surface area contributed by atoms with E-state index in [9.17, 15) is 14.0 Å². The van der Waals surface area contributed by atoms with Crippen LogP contribution < -0.4 is 5.32 Å². The van der Waals surface area contributed by atoms with Crippen LogP contribution in [0.3, 0.4) is 0 Å². The first-order valence-electron chi connectivity index (χ1n) is 9.84. The van der Waals surface area contributed by atoms with Crippen molar-refractivity contribution in [1.29, 1.82) is 0 Å². The van der Waals surface area contributed by atoms with Gasteiger partial charge < -0.3 is 19.9 Å². The largest absolute Gasteiger partial charge is 0.370 e. The molecule has 0 bridgehead atoms. The first-order chi connectivity index (χ1) is 15.0. The zero-order chi connectivity index (χ0) is 21.5. The summed E-state index contributed by atoms with van der Waals surface area (Å²) in [5.74, 6) is -0.758. The molecule has 1 saturated heterocycles. The third-order valence-electron chi connectivity index (χ3n) is 5.43. The van der Waals surface area contributed by atoms with Gasteiger partial charge in [0.05, 0.1) is 13.2 Å². The molecular formula is C22H19FN4O3S. The van der Waals surface area contributed by atoms with Gasteiger partial charge in [-0.05, 0) is 30.3 Å². The van der Waals surface area contributed by atoms with Crippen molar-refractivity contribution in [3.63, 3.8) is 0 Å². The average Bonchev–Trinajstić information content (AvgIpc) is 3.39. The second-order valence-corrected chi connectivity index (χ2v) is 8.30. The number of rotatable bonds is 3. The number of benzene rings is 1. The lowest BCUT2D eigenvalue weighted by molar-refractivity contribution is -0.0224. The van der Waals surface area contributed by atoms with Crippen molar-refractivity contribution in [2.24, 2.45) is 0 Å². The fraction of sp³-hybridized carbons (Fsp3) is 0.227. The molecule has 2 N–H and O–H groups in total. The molecule has 9 heteroatoms. The molecule has 1 aliphatic heterocycles. The van der Waals surface area contributed by atoms with Crippen LogP contribution in [0.25, 0.3) is 21.1 Å². The van der Waals surface area contributed by atoms with Crippen molar-refractivity contribution in [3.05, 3.63) is 64.5 Å². The molecule has 5 rings (SSSR count). The topological polar surface area (TPSA) is 87.3 Å². The van der Waals surface area contributed by atoms with Crippen LogP contribution in [-0.2, 0) is 4.74 Å². The number of nitrogens with zero attached hydrogens (tertiary/aromatic N) is 2. The van der Waals surface area contributed by atoms with Crippen LogP contribution in [0.4, 0.5) is 4.39 Å². The van der Waals surface area contributed by atoms with Crippen molar-refractivity contribution in [1.82, 2.24) is 20.2 Å². The van der Waals surface area contributed by atoms with E-state index in [1.165, 1.54) is 23.5 Å². The summed E-state index contributed by atoms with van der Waals surface area (Å²) in [6.45, 7) is 1.07. The number of ether oxygens (including phenoxy) is 1. The number of halogens is 1. The number of H-pyrrole nitrogens is 1. The summed E-state index contributed by atoms with van der Waals surface area (Å²) in [6.07, 6.45) is 1.23. The molecule has 0 aliphatic carbocycles. The molecule has 1 atom stereocenters. The van der Waals surface area contributed by atoms with Gasteiger partial charge in [0.1, 0.15) is 27.3 Å². The first-order valence-corrected chi connectivity index (χ1v) is 10.7. The lowest BCUT2D eigenvalue weighted by atomic mass is 10.0. The predicted molar refractivity (Wildman–Crippen MR) is 116 cm³/mol. The summed E-state index contributed by atoms with van der Waals surface area (Å²) in [7, 11) is 1.58. The normalized spacial score (nSPS) is 16.7. The van der Waals surface area contributed by atoms with Gasteiger partial charge in [-0.15, -0.1) is 11.3 Å². The van der Waals surface area contributed by atoms with Crippen molar-refractivity contribution in [3.8, 4) is 0 Å². The average molecular weight is 438 g/mol. The minimum Gasteiger partial charge on any atom is -0.370 e. The molecule has 2 amide bonds. The van der Waals surface area contributed by atoms with E-state index < -0.39 is 6.10 Å². The van der Waals surface area contributed by atoms with Crippen LogP contribution in [0, 0.1) is 5.82 Å². The smallest absolute Gasteiger partial charge is 0.270 e. The molecular weight excluding hydrogens is 419 g/mol. The van der Waals surface area contributed by atoms with Crippen LogP contribution in [0.2, 0.25) is 0 Å². The quantitative estimate of drug-likeness (QED) is 0.513. The van der Waals surface area contributed by atoms with Gasteiger partial charge in [-0.1, -0.05) is 6.07 Å². The van der Waals surface area contributed by atoms with E-state index >= 15 is 0 Å². The van der Waals surface area contributed by atoms with E-state index in [0.29, 0.717) is 35.8 Å². The Hall–Kier alpha value is -3.30. The highest BCUT2D eigenvalue weighted by Crippen LogP contribution is 2.37. The molecule has 158 valence electrons. The highest BCUT2D eigenvalue weighted by Gasteiger charge is 2.32. The van der Waals surface area contributed by atoms with Crippen LogP contribution >= 0.6 is 11.3 Å². The molecule has 4 aromatic rings. The Morgan fingerprint density at radius 1 is 1.32 bits per heavy atom. The minimum atomic E-state index is -0.454. The number of amides is 2. The highest BCUT2D eigenvalue weighted by molar-refractivity contribution is 7.20. The maximum atomic E-state index is 13.5. The Kier molecular flexibility index (Phi) is 4.91. The third kappa shape index (κ3) is 3.45. The van der Waals surface area contributed by atoms with Crippen molar-refractivity contribution in [2.45, 2.75) is 6.10 Å². The standard InChI is InChI=1S/C22H19FN4O3S/c1-24-20(28)19-18(14-3-2-6-25-21(14)31-19)17-11-27(7-8-30-17)22(29)16-9-12-4-5-13(23)10-15(12)26-16/h2-6,9-10,17,26H,7-8,11H2,1H3,(H,24,28)/t17-/m1/s1. The number of morpholine rings is 1. The van der Waals surface area contributed by atoms with Gasteiger partial charge in [-0.3, -0.25) is 9.59 Å². The molecule has 1 aliphatic rings. The molecule has 1 aromatic carbocycles. The van der Waals surface area contributed by atoms with E-state index in [2.05, 4.69) is 15.3 Å². The Morgan fingerprint density at radius 2 is 2.19 bits per heavy atom. The van der Waals surface area contributed by atoms with Gasteiger partial charge in [0.15, 0.2) is 0 Å². The van der Waals surface area contributed by atoms with Gasteiger partial charge in [-0.2, -0.15) is 0 Å². The Bertz CT molecular complexity index is 1310. The number of nitrogens with one attached hydrogen (secondary N) is 2. The maximum Gasteiger partial charge on any atom is 0.270 e. The second kappa shape index (κ2) is 7.75. The number of aromatic nitrogens is 2. The summed E-state index contributed by atoms with van der Waals surface area (Å²) in [5.41, 5.74) is 1.72. The summed E-state index contributed by atoms with van der Waals surface area (Å²) in [5, 5.41) is 4.30. The van der Waals surface area contributed by atoms with Crippen molar-refractivity contribution < 1.29 is 18.7 Å². The molecule has 4 heterocycles. The molecule has 0 spiro atoms. The monoisotopic (exact) mass is 438 g/mol. The number of thiophene rings is 1. The molecule has 0 unspecified atom stereocenters. The van der Waals surface area contributed by atoms with Gasteiger partial charge in [0.2, 0.25) is 0 Å². The van der Waals surface area contributed by atoms with Crippen LogP contribution in [-0.4, -0.2) is 53.4 Å². The summed E-state index contributed by atoms with van der Waals surface area (Å²) in [6, 6.07) is 9.83.